The third kappa shape index (κ3) is 3.97. The Bertz CT molecular complexity index is 895. The third-order valence-corrected chi connectivity index (χ3v) is 3.62. The van der Waals surface area contributed by atoms with Gasteiger partial charge in [0.05, 0.1) is 12.8 Å². The van der Waals surface area contributed by atoms with Crippen LogP contribution < -0.4 is 15.0 Å². The number of carbonyl (C=O) groups is 1. The summed E-state index contributed by atoms with van der Waals surface area (Å²) in [6.07, 6.45) is 0. The van der Waals surface area contributed by atoms with Crippen molar-refractivity contribution in [3.05, 3.63) is 54.3 Å². The summed E-state index contributed by atoms with van der Waals surface area (Å²) < 4.78 is 23.9. The Hall–Kier alpha value is -3.42. The van der Waals surface area contributed by atoms with E-state index in [4.69, 9.17) is 9.26 Å². The van der Waals surface area contributed by atoms with Crippen LogP contribution in [0, 0.1) is 5.82 Å². The summed E-state index contributed by atoms with van der Waals surface area (Å²) in [4.78, 5) is 17.8. The van der Waals surface area contributed by atoms with Crippen molar-refractivity contribution in [2.75, 3.05) is 30.9 Å². The molecule has 0 saturated heterocycles. The van der Waals surface area contributed by atoms with Crippen LogP contribution in [0.5, 0.6) is 5.75 Å². The van der Waals surface area contributed by atoms with Gasteiger partial charge in [-0.25, -0.2) is 4.39 Å². The van der Waals surface area contributed by atoms with Crippen molar-refractivity contribution in [2.24, 2.45) is 0 Å². The topological polar surface area (TPSA) is 80.5 Å². The quantitative estimate of drug-likeness (QED) is 0.731. The Kier molecular flexibility index (Phi) is 5.12. The SMILES string of the molecule is COc1ccc(-c2noc(N(C)CC(=O)Nc3ccccc3F)n2)cc1. The van der Waals surface area contributed by atoms with Gasteiger partial charge in [0, 0.05) is 12.6 Å². The van der Waals surface area contributed by atoms with Crippen LogP contribution >= 0.6 is 0 Å². The predicted molar refractivity (Wildman–Crippen MR) is 94.6 cm³/mol. The highest BCUT2D eigenvalue weighted by atomic mass is 19.1. The summed E-state index contributed by atoms with van der Waals surface area (Å²) in [6, 6.07) is 13.3. The molecule has 0 aliphatic carbocycles. The number of carbonyl (C=O) groups excluding carboxylic acids is 1. The van der Waals surface area contributed by atoms with E-state index in [0.29, 0.717) is 5.82 Å². The second-order valence-electron chi connectivity index (χ2n) is 5.51. The molecular formula is C18H17FN4O3. The van der Waals surface area contributed by atoms with E-state index in [1.54, 1.807) is 50.6 Å². The molecule has 0 atom stereocenters. The van der Waals surface area contributed by atoms with Crippen LogP contribution in [0.25, 0.3) is 11.4 Å². The average molecular weight is 356 g/mol. The molecule has 3 aromatic rings. The molecule has 1 amide bonds. The lowest BCUT2D eigenvalue weighted by molar-refractivity contribution is -0.115. The maximum absolute atomic E-state index is 13.6. The number of nitrogens with one attached hydrogen (secondary N) is 1. The number of methoxy groups -OCH3 is 1. The van der Waals surface area contributed by atoms with E-state index in [1.165, 1.54) is 17.0 Å². The number of aromatic nitrogens is 2. The Labute approximate surface area is 149 Å². The molecule has 1 aromatic heterocycles. The van der Waals surface area contributed by atoms with Crippen LogP contribution in [0.2, 0.25) is 0 Å². The zero-order valence-corrected chi connectivity index (χ0v) is 14.3. The molecule has 134 valence electrons. The molecule has 0 fully saturated rings. The lowest BCUT2D eigenvalue weighted by Gasteiger charge is -2.13. The van der Waals surface area contributed by atoms with Crippen molar-refractivity contribution in [2.45, 2.75) is 0 Å². The molecule has 26 heavy (non-hydrogen) atoms. The summed E-state index contributed by atoms with van der Waals surface area (Å²) >= 11 is 0. The van der Waals surface area contributed by atoms with E-state index in [0.717, 1.165) is 11.3 Å². The highest BCUT2D eigenvalue weighted by molar-refractivity contribution is 5.93. The van der Waals surface area contributed by atoms with Gasteiger partial charge < -0.3 is 19.5 Å². The highest BCUT2D eigenvalue weighted by Crippen LogP contribution is 2.22. The summed E-state index contributed by atoms with van der Waals surface area (Å²) in [5.41, 5.74) is 0.875. The van der Waals surface area contributed by atoms with Gasteiger partial charge in [0.25, 0.3) is 0 Å². The monoisotopic (exact) mass is 356 g/mol. The van der Waals surface area contributed by atoms with Gasteiger partial charge in [-0.05, 0) is 36.4 Å². The second kappa shape index (κ2) is 7.64. The number of amides is 1. The number of likely N-dealkylation sites (N-methyl/N-ethyl adjacent to an activating group) is 1. The van der Waals surface area contributed by atoms with Gasteiger partial charge in [0.2, 0.25) is 11.7 Å². The fourth-order valence-electron chi connectivity index (χ4n) is 2.26. The molecule has 2 aromatic carbocycles. The van der Waals surface area contributed by atoms with Crippen molar-refractivity contribution >= 4 is 17.6 Å². The van der Waals surface area contributed by atoms with Crippen LogP contribution in [0.3, 0.4) is 0 Å². The van der Waals surface area contributed by atoms with Gasteiger partial charge in [-0.3, -0.25) is 4.79 Å². The number of halogens is 1. The molecule has 0 aliphatic rings. The zero-order valence-electron chi connectivity index (χ0n) is 14.3. The first-order valence-corrected chi connectivity index (χ1v) is 7.80. The molecule has 0 bridgehead atoms. The number of hydrogen-bond acceptors (Lipinski definition) is 6. The molecular weight excluding hydrogens is 339 g/mol. The van der Waals surface area contributed by atoms with Crippen LogP contribution in [-0.2, 0) is 4.79 Å². The smallest absolute Gasteiger partial charge is 0.324 e. The van der Waals surface area contributed by atoms with E-state index in [9.17, 15) is 9.18 Å². The molecule has 1 N–H and O–H groups in total. The first kappa shape index (κ1) is 17.4. The van der Waals surface area contributed by atoms with E-state index < -0.39 is 11.7 Å². The third-order valence-electron chi connectivity index (χ3n) is 3.62. The fraction of sp³-hybridized carbons (Fsp3) is 0.167. The number of benzene rings is 2. The number of para-hydroxylation sites is 1. The fourth-order valence-corrected chi connectivity index (χ4v) is 2.26. The first-order valence-electron chi connectivity index (χ1n) is 7.80. The molecule has 3 rings (SSSR count). The Morgan fingerprint density at radius 2 is 1.96 bits per heavy atom. The summed E-state index contributed by atoms with van der Waals surface area (Å²) in [7, 11) is 3.22. The minimum absolute atomic E-state index is 0.0709. The number of rotatable bonds is 6. The average Bonchev–Trinajstić information content (AvgIpc) is 3.14. The largest absolute Gasteiger partial charge is 0.497 e. The molecule has 0 spiro atoms. The Balaban J connectivity index is 1.64. The molecule has 8 heteroatoms. The molecule has 7 nitrogen and oxygen atoms in total. The van der Waals surface area contributed by atoms with Crippen molar-refractivity contribution in [1.82, 2.24) is 10.1 Å². The van der Waals surface area contributed by atoms with E-state index in [-0.39, 0.29) is 18.2 Å². The second-order valence-corrected chi connectivity index (χ2v) is 5.51. The standard InChI is InChI=1S/C18H17FN4O3/c1-23(11-16(24)20-15-6-4-3-5-14(15)19)18-21-17(22-26-18)12-7-9-13(25-2)10-8-12/h3-10H,11H2,1-2H3,(H,20,24). The summed E-state index contributed by atoms with van der Waals surface area (Å²) in [5.74, 6) is 0.216. The molecule has 0 aliphatic heterocycles. The van der Waals surface area contributed by atoms with Gasteiger partial charge >= 0.3 is 6.01 Å². The summed E-state index contributed by atoms with van der Waals surface area (Å²) in [6.45, 7) is -0.0709. The van der Waals surface area contributed by atoms with Gasteiger partial charge in [0.15, 0.2) is 0 Å². The maximum atomic E-state index is 13.6. The molecule has 0 unspecified atom stereocenters. The van der Waals surface area contributed by atoms with Crippen LogP contribution in [-0.4, -0.2) is 36.8 Å². The van der Waals surface area contributed by atoms with Crippen LogP contribution in [0.1, 0.15) is 0 Å². The van der Waals surface area contributed by atoms with E-state index >= 15 is 0 Å². The van der Waals surface area contributed by atoms with E-state index in [2.05, 4.69) is 15.5 Å². The summed E-state index contributed by atoms with van der Waals surface area (Å²) in [5, 5.41) is 6.41. The number of ether oxygens (including phenoxy) is 1. The maximum Gasteiger partial charge on any atom is 0.324 e. The van der Waals surface area contributed by atoms with Crippen LogP contribution in [0.4, 0.5) is 16.1 Å². The first-order chi connectivity index (χ1) is 12.6. The van der Waals surface area contributed by atoms with E-state index in [1.807, 2.05) is 0 Å². The minimum atomic E-state index is -0.497. The molecule has 0 radical (unpaired) electrons. The molecule has 0 saturated carbocycles. The van der Waals surface area contributed by atoms with Gasteiger partial charge in [0.1, 0.15) is 18.1 Å². The van der Waals surface area contributed by atoms with Gasteiger partial charge in [-0.1, -0.05) is 17.3 Å². The van der Waals surface area contributed by atoms with Gasteiger partial charge in [-0.2, -0.15) is 4.98 Å². The number of hydrogen-bond donors (Lipinski definition) is 1. The lowest BCUT2D eigenvalue weighted by Crippen LogP contribution is -2.30. The number of anilines is 2. The molecule has 1 heterocycles. The Morgan fingerprint density at radius 3 is 2.65 bits per heavy atom. The zero-order chi connectivity index (χ0) is 18.5. The highest BCUT2D eigenvalue weighted by Gasteiger charge is 2.16. The van der Waals surface area contributed by atoms with Crippen molar-refractivity contribution in [1.29, 1.82) is 0 Å². The minimum Gasteiger partial charge on any atom is -0.497 e. The van der Waals surface area contributed by atoms with Crippen molar-refractivity contribution in [3.63, 3.8) is 0 Å². The number of nitrogens with zero attached hydrogens (tertiary/aromatic N) is 3. The normalized spacial score (nSPS) is 10.4. The van der Waals surface area contributed by atoms with Crippen molar-refractivity contribution < 1.29 is 18.4 Å². The van der Waals surface area contributed by atoms with Gasteiger partial charge in [-0.15, -0.1) is 0 Å². The predicted octanol–water partition coefficient (Wildman–Crippen LogP) is 2.96. The Morgan fingerprint density at radius 1 is 1.23 bits per heavy atom. The van der Waals surface area contributed by atoms with Crippen LogP contribution in [0.15, 0.2) is 53.1 Å². The lowest BCUT2D eigenvalue weighted by atomic mass is 10.2. The van der Waals surface area contributed by atoms with Crippen molar-refractivity contribution in [3.8, 4) is 17.1 Å².